The molecule has 0 saturated carbocycles. The van der Waals surface area contributed by atoms with E-state index in [0.29, 0.717) is 30.4 Å². The second kappa shape index (κ2) is 6.56. The first-order valence-corrected chi connectivity index (χ1v) is 7.10. The van der Waals surface area contributed by atoms with Crippen LogP contribution < -0.4 is 5.73 Å². The Morgan fingerprint density at radius 1 is 1.47 bits per heavy atom. The number of pyridine rings is 1. The Morgan fingerprint density at radius 2 is 2.26 bits per heavy atom. The summed E-state index contributed by atoms with van der Waals surface area (Å²) in [5.74, 6) is 0.783. The topological polar surface area (TPSA) is 87.1 Å². The number of hydrogen-bond donors (Lipinski definition) is 1. The summed E-state index contributed by atoms with van der Waals surface area (Å²) in [6, 6.07) is 1.53. The Hall–Kier alpha value is -0.830. The van der Waals surface area contributed by atoms with Crippen molar-refractivity contribution in [2.45, 2.75) is 12.5 Å². The predicted molar refractivity (Wildman–Crippen MR) is 76.4 cm³/mol. The van der Waals surface area contributed by atoms with Crippen molar-refractivity contribution in [3.8, 4) is 11.5 Å². The molecular formula is C11H12Br2N4O2. The van der Waals surface area contributed by atoms with E-state index in [2.05, 4.69) is 47.0 Å². The van der Waals surface area contributed by atoms with Gasteiger partial charge in [-0.1, -0.05) is 5.16 Å². The average molecular weight is 392 g/mol. The maximum absolute atomic E-state index is 5.92. The highest BCUT2D eigenvalue weighted by molar-refractivity contribution is 9.11. The Bertz CT molecular complexity index is 561. The van der Waals surface area contributed by atoms with Crippen LogP contribution in [0.3, 0.4) is 0 Å². The van der Waals surface area contributed by atoms with Crippen molar-refractivity contribution < 1.29 is 9.26 Å². The molecule has 2 N–H and O–H groups in total. The molecule has 1 unspecified atom stereocenters. The van der Waals surface area contributed by atoms with Crippen LogP contribution in [0.1, 0.15) is 18.4 Å². The SMILES string of the molecule is COCCC(N)c1nc(-c2ncc(Br)cc2Br)no1. The van der Waals surface area contributed by atoms with Gasteiger partial charge in [-0.2, -0.15) is 4.98 Å². The number of ether oxygens (including phenoxy) is 1. The van der Waals surface area contributed by atoms with Crippen LogP contribution >= 0.6 is 31.9 Å². The van der Waals surface area contributed by atoms with Crippen LogP contribution in [0.25, 0.3) is 11.5 Å². The lowest BCUT2D eigenvalue weighted by Gasteiger charge is -2.04. The Morgan fingerprint density at radius 3 is 2.95 bits per heavy atom. The summed E-state index contributed by atoms with van der Waals surface area (Å²) < 4.78 is 11.8. The highest BCUT2D eigenvalue weighted by Crippen LogP contribution is 2.27. The monoisotopic (exact) mass is 390 g/mol. The molecule has 2 heterocycles. The minimum atomic E-state index is -0.338. The number of halogens is 2. The molecule has 19 heavy (non-hydrogen) atoms. The zero-order chi connectivity index (χ0) is 13.8. The van der Waals surface area contributed by atoms with E-state index in [1.807, 2.05) is 6.07 Å². The van der Waals surface area contributed by atoms with Gasteiger partial charge in [0.25, 0.3) is 0 Å². The Labute approximate surface area is 127 Å². The predicted octanol–water partition coefficient (Wildman–Crippen LogP) is 2.69. The van der Waals surface area contributed by atoms with E-state index in [4.69, 9.17) is 15.0 Å². The maximum atomic E-state index is 5.92. The highest BCUT2D eigenvalue weighted by atomic mass is 79.9. The maximum Gasteiger partial charge on any atom is 0.244 e. The normalized spacial score (nSPS) is 12.6. The molecule has 0 amide bonds. The van der Waals surface area contributed by atoms with Gasteiger partial charge in [-0.05, 0) is 44.3 Å². The van der Waals surface area contributed by atoms with Crippen LogP contribution in [0.15, 0.2) is 25.7 Å². The van der Waals surface area contributed by atoms with Crippen molar-refractivity contribution >= 4 is 31.9 Å². The minimum Gasteiger partial charge on any atom is -0.385 e. The fourth-order valence-electron chi connectivity index (χ4n) is 1.43. The van der Waals surface area contributed by atoms with Gasteiger partial charge < -0.3 is 15.0 Å². The lowest BCUT2D eigenvalue weighted by atomic mass is 10.2. The molecule has 102 valence electrons. The third kappa shape index (κ3) is 3.59. The van der Waals surface area contributed by atoms with Gasteiger partial charge in [0.05, 0.1) is 6.04 Å². The van der Waals surface area contributed by atoms with E-state index in [1.165, 1.54) is 0 Å². The van der Waals surface area contributed by atoms with Gasteiger partial charge in [-0.3, -0.25) is 4.98 Å². The van der Waals surface area contributed by atoms with E-state index in [1.54, 1.807) is 13.3 Å². The van der Waals surface area contributed by atoms with Crippen LogP contribution in [0, 0.1) is 0 Å². The van der Waals surface area contributed by atoms with E-state index in [9.17, 15) is 0 Å². The van der Waals surface area contributed by atoms with Crippen molar-refractivity contribution in [1.29, 1.82) is 0 Å². The number of nitrogens with zero attached hydrogens (tertiary/aromatic N) is 3. The zero-order valence-corrected chi connectivity index (χ0v) is 13.3. The number of methoxy groups -OCH3 is 1. The van der Waals surface area contributed by atoms with E-state index in [0.717, 1.165) is 8.95 Å². The number of hydrogen-bond acceptors (Lipinski definition) is 6. The quantitative estimate of drug-likeness (QED) is 0.842. The first-order valence-electron chi connectivity index (χ1n) is 5.51. The molecule has 2 rings (SSSR count). The van der Waals surface area contributed by atoms with Crippen LogP contribution in [0.5, 0.6) is 0 Å². The molecule has 6 nitrogen and oxygen atoms in total. The van der Waals surface area contributed by atoms with Gasteiger partial charge in [0.2, 0.25) is 11.7 Å². The van der Waals surface area contributed by atoms with Crippen molar-refractivity contribution in [3.05, 3.63) is 27.1 Å². The summed E-state index contributed by atoms with van der Waals surface area (Å²) >= 11 is 6.74. The van der Waals surface area contributed by atoms with E-state index < -0.39 is 0 Å². The van der Waals surface area contributed by atoms with Crippen LogP contribution in [0.4, 0.5) is 0 Å². The fourth-order valence-corrected chi connectivity index (χ4v) is 2.59. The van der Waals surface area contributed by atoms with Gasteiger partial charge in [-0.25, -0.2) is 0 Å². The zero-order valence-electron chi connectivity index (χ0n) is 10.1. The van der Waals surface area contributed by atoms with Crippen molar-refractivity contribution in [2.75, 3.05) is 13.7 Å². The Kier molecular flexibility index (Phi) is 5.03. The number of nitrogens with two attached hydrogens (primary N) is 1. The van der Waals surface area contributed by atoms with Crippen molar-refractivity contribution in [1.82, 2.24) is 15.1 Å². The molecule has 2 aromatic rings. The average Bonchev–Trinajstić information content (AvgIpc) is 2.85. The lowest BCUT2D eigenvalue weighted by Crippen LogP contribution is -2.13. The number of aromatic nitrogens is 3. The largest absolute Gasteiger partial charge is 0.385 e. The molecule has 0 spiro atoms. The molecule has 0 saturated heterocycles. The van der Waals surface area contributed by atoms with Gasteiger partial charge in [0, 0.05) is 28.9 Å². The fraction of sp³-hybridized carbons (Fsp3) is 0.364. The third-order valence-corrected chi connectivity index (χ3v) is 3.45. The third-order valence-electron chi connectivity index (χ3n) is 2.41. The molecule has 0 aliphatic heterocycles. The van der Waals surface area contributed by atoms with Gasteiger partial charge in [-0.15, -0.1) is 0 Å². The molecule has 1 atom stereocenters. The first-order chi connectivity index (χ1) is 9.11. The summed E-state index contributed by atoms with van der Waals surface area (Å²) in [6.07, 6.45) is 2.29. The molecule has 2 aromatic heterocycles. The Balaban J connectivity index is 2.20. The van der Waals surface area contributed by atoms with Crippen molar-refractivity contribution in [2.24, 2.45) is 5.73 Å². The van der Waals surface area contributed by atoms with Crippen LogP contribution in [0.2, 0.25) is 0 Å². The first kappa shape index (κ1) is 14.6. The number of rotatable bonds is 5. The van der Waals surface area contributed by atoms with Gasteiger partial charge >= 0.3 is 0 Å². The second-order valence-electron chi connectivity index (χ2n) is 3.83. The molecule has 0 bridgehead atoms. The molecule has 8 heteroatoms. The lowest BCUT2D eigenvalue weighted by molar-refractivity contribution is 0.182. The van der Waals surface area contributed by atoms with Gasteiger partial charge in [0.1, 0.15) is 5.69 Å². The summed E-state index contributed by atoms with van der Waals surface area (Å²) in [4.78, 5) is 8.50. The molecule has 0 aliphatic carbocycles. The van der Waals surface area contributed by atoms with E-state index >= 15 is 0 Å². The molecule has 0 fully saturated rings. The van der Waals surface area contributed by atoms with Crippen molar-refractivity contribution in [3.63, 3.8) is 0 Å². The standard InChI is InChI=1S/C11H12Br2N4O2/c1-18-3-2-8(14)11-16-10(17-19-11)9-7(13)4-6(12)5-15-9/h4-5,8H,2-3,14H2,1H3. The van der Waals surface area contributed by atoms with E-state index in [-0.39, 0.29) is 6.04 Å². The summed E-state index contributed by atoms with van der Waals surface area (Å²) in [6.45, 7) is 0.541. The summed E-state index contributed by atoms with van der Waals surface area (Å²) in [5, 5.41) is 3.89. The van der Waals surface area contributed by atoms with Gasteiger partial charge in [0.15, 0.2) is 0 Å². The molecule has 0 aromatic carbocycles. The molecular weight excluding hydrogens is 380 g/mol. The smallest absolute Gasteiger partial charge is 0.244 e. The molecule has 0 radical (unpaired) electrons. The summed E-state index contributed by atoms with van der Waals surface area (Å²) in [5.41, 5.74) is 6.53. The summed E-state index contributed by atoms with van der Waals surface area (Å²) in [7, 11) is 1.62. The highest BCUT2D eigenvalue weighted by Gasteiger charge is 2.17. The minimum absolute atomic E-state index is 0.338. The van der Waals surface area contributed by atoms with Crippen LogP contribution in [-0.4, -0.2) is 28.8 Å². The second-order valence-corrected chi connectivity index (χ2v) is 5.60. The van der Waals surface area contributed by atoms with Crippen LogP contribution in [-0.2, 0) is 4.74 Å². The molecule has 0 aliphatic rings.